The molecule has 2 aromatic rings. The van der Waals surface area contributed by atoms with Crippen molar-refractivity contribution in [2.45, 2.75) is 19.7 Å². The second-order valence-electron chi connectivity index (χ2n) is 5.29. The largest absolute Gasteiger partial charge is 0.573 e. The number of carbonyl (C=O) groups excluding carboxylic acids is 1. The standard InChI is InChI=1S/C20H17F3O2/c1-2-15-5-3-6-16(13-15)9-11-18(24)12-10-17-7-4-8-19(14-17)25-20(21,22)23/h3-14H,2H2,1H3/b11-9+,12-10+. The van der Waals surface area contributed by atoms with Crippen LogP contribution in [0.25, 0.3) is 12.2 Å². The molecule has 2 rings (SSSR count). The third-order valence-electron chi connectivity index (χ3n) is 3.33. The van der Waals surface area contributed by atoms with Crippen LogP contribution in [0.4, 0.5) is 13.2 Å². The Balaban J connectivity index is 2.02. The van der Waals surface area contributed by atoms with Crippen molar-refractivity contribution in [2.75, 3.05) is 0 Å². The summed E-state index contributed by atoms with van der Waals surface area (Å²) in [6, 6.07) is 13.2. The molecular formula is C20H17F3O2. The number of ether oxygens (including phenoxy) is 1. The molecule has 0 saturated heterocycles. The van der Waals surface area contributed by atoms with Crippen LogP contribution in [0.2, 0.25) is 0 Å². The Morgan fingerprint density at radius 2 is 1.60 bits per heavy atom. The van der Waals surface area contributed by atoms with Gasteiger partial charge in [0.15, 0.2) is 5.78 Å². The smallest absolute Gasteiger partial charge is 0.406 e. The first-order valence-corrected chi connectivity index (χ1v) is 7.70. The molecule has 5 heteroatoms. The molecule has 0 spiro atoms. The second kappa shape index (κ2) is 8.33. The lowest BCUT2D eigenvalue weighted by molar-refractivity contribution is -0.274. The molecule has 0 heterocycles. The van der Waals surface area contributed by atoms with Crippen LogP contribution < -0.4 is 4.74 Å². The monoisotopic (exact) mass is 346 g/mol. The molecule has 0 atom stereocenters. The number of hydrogen-bond acceptors (Lipinski definition) is 2. The molecule has 0 N–H and O–H groups in total. The van der Waals surface area contributed by atoms with Crippen molar-refractivity contribution in [2.24, 2.45) is 0 Å². The number of aryl methyl sites for hydroxylation is 1. The lowest BCUT2D eigenvalue weighted by Gasteiger charge is -2.08. The summed E-state index contributed by atoms with van der Waals surface area (Å²) in [5.41, 5.74) is 2.53. The number of alkyl halides is 3. The minimum absolute atomic E-state index is 0.260. The van der Waals surface area contributed by atoms with Crippen LogP contribution in [0.1, 0.15) is 23.6 Å². The molecular weight excluding hydrogens is 329 g/mol. The molecule has 2 nitrogen and oxygen atoms in total. The van der Waals surface area contributed by atoms with Crippen LogP contribution in [0, 0.1) is 0 Å². The highest BCUT2D eigenvalue weighted by Gasteiger charge is 2.30. The van der Waals surface area contributed by atoms with Crippen molar-refractivity contribution in [3.05, 3.63) is 77.4 Å². The van der Waals surface area contributed by atoms with Crippen LogP contribution in [0.15, 0.2) is 60.7 Å². The maximum absolute atomic E-state index is 12.2. The van der Waals surface area contributed by atoms with Crippen molar-refractivity contribution < 1.29 is 22.7 Å². The number of hydrogen-bond donors (Lipinski definition) is 0. The fourth-order valence-electron chi connectivity index (χ4n) is 2.14. The van der Waals surface area contributed by atoms with E-state index in [0.29, 0.717) is 5.56 Å². The Labute approximate surface area is 144 Å². The molecule has 0 aliphatic heterocycles. The number of halogens is 3. The summed E-state index contributed by atoms with van der Waals surface area (Å²) in [5.74, 6) is -0.585. The van der Waals surface area contributed by atoms with Gasteiger partial charge in [0.1, 0.15) is 5.75 Å². The van der Waals surface area contributed by atoms with E-state index in [9.17, 15) is 18.0 Å². The first-order valence-electron chi connectivity index (χ1n) is 7.70. The molecule has 2 aromatic carbocycles. The van der Waals surface area contributed by atoms with Gasteiger partial charge in [-0.3, -0.25) is 4.79 Å². The van der Waals surface area contributed by atoms with E-state index in [-0.39, 0.29) is 11.5 Å². The summed E-state index contributed by atoms with van der Waals surface area (Å²) in [4.78, 5) is 11.9. The third-order valence-corrected chi connectivity index (χ3v) is 3.33. The van der Waals surface area contributed by atoms with Crippen LogP contribution >= 0.6 is 0 Å². The molecule has 0 radical (unpaired) electrons. The van der Waals surface area contributed by atoms with Gasteiger partial charge in [-0.15, -0.1) is 13.2 Å². The van der Waals surface area contributed by atoms with E-state index in [1.165, 1.54) is 42.0 Å². The predicted molar refractivity (Wildman–Crippen MR) is 92.0 cm³/mol. The number of carbonyl (C=O) groups is 1. The Kier molecular flexibility index (Phi) is 6.17. The third kappa shape index (κ3) is 6.67. The SMILES string of the molecule is CCc1cccc(/C=C/C(=O)/C=C/c2cccc(OC(F)(F)F)c2)c1. The molecule has 0 aromatic heterocycles. The summed E-state index contributed by atoms with van der Waals surface area (Å²) in [6.07, 6.45) is 2.03. The van der Waals surface area contributed by atoms with Gasteiger partial charge in [0.2, 0.25) is 0 Å². The molecule has 0 unspecified atom stereocenters. The van der Waals surface area contributed by atoms with Crippen molar-refractivity contribution in [1.29, 1.82) is 0 Å². The van der Waals surface area contributed by atoms with Gasteiger partial charge in [0, 0.05) is 0 Å². The molecule has 25 heavy (non-hydrogen) atoms. The second-order valence-corrected chi connectivity index (χ2v) is 5.29. The quantitative estimate of drug-likeness (QED) is 0.651. The number of benzene rings is 2. The van der Waals surface area contributed by atoms with Gasteiger partial charge in [-0.1, -0.05) is 55.5 Å². The van der Waals surface area contributed by atoms with E-state index in [2.05, 4.69) is 4.74 Å². The fourth-order valence-corrected chi connectivity index (χ4v) is 2.14. The number of ketones is 1. The number of rotatable bonds is 6. The zero-order valence-electron chi connectivity index (χ0n) is 13.6. The van der Waals surface area contributed by atoms with Gasteiger partial charge in [-0.25, -0.2) is 0 Å². The highest BCUT2D eigenvalue weighted by molar-refractivity contribution is 6.04. The molecule has 0 fully saturated rings. The van der Waals surface area contributed by atoms with E-state index in [1.54, 1.807) is 12.1 Å². The summed E-state index contributed by atoms with van der Waals surface area (Å²) in [7, 11) is 0. The van der Waals surface area contributed by atoms with Gasteiger partial charge in [0.25, 0.3) is 0 Å². The normalized spacial score (nSPS) is 12.0. The molecule has 130 valence electrons. The average Bonchev–Trinajstić information content (AvgIpc) is 2.57. The zero-order valence-corrected chi connectivity index (χ0v) is 13.6. The molecule has 0 aliphatic carbocycles. The molecule has 0 bridgehead atoms. The summed E-state index contributed by atoms with van der Waals surface area (Å²) < 4.78 is 40.4. The Bertz CT molecular complexity index is 790. The van der Waals surface area contributed by atoms with E-state index < -0.39 is 6.36 Å². The molecule has 0 saturated carbocycles. The lowest BCUT2D eigenvalue weighted by atomic mass is 10.1. The van der Waals surface area contributed by atoms with Crippen molar-refractivity contribution in [3.63, 3.8) is 0 Å². The fraction of sp³-hybridized carbons (Fsp3) is 0.150. The van der Waals surface area contributed by atoms with Crippen LogP contribution in [0.3, 0.4) is 0 Å². The predicted octanol–water partition coefficient (Wildman–Crippen LogP) is 5.44. The Morgan fingerprint density at radius 3 is 2.20 bits per heavy atom. The van der Waals surface area contributed by atoms with Crippen molar-refractivity contribution >= 4 is 17.9 Å². The van der Waals surface area contributed by atoms with E-state index in [0.717, 1.165) is 12.0 Å². The van der Waals surface area contributed by atoms with Gasteiger partial charge in [-0.05, 0) is 47.4 Å². The maximum Gasteiger partial charge on any atom is 0.573 e. The van der Waals surface area contributed by atoms with Gasteiger partial charge in [-0.2, -0.15) is 0 Å². The van der Waals surface area contributed by atoms with Gasteiger partial charge >= 0.3 is 6.36 Å². The number of allylic oxidation sites excluding steroid dienone is 2. The van der Waals surface area contributed by atoms with Gasteiger partial charge in [0.05, 0.1) is 0 Å². The average molecular weight is 346 g/mol. The Morgan fingerprint density at radius 1 is 1.00 bits per heavy atom. The summed E-state index contributed by atoms with van der Waals surface area (Å²) in [6.45, 7) is 2.05. The van der Waals surface area contributed by atoms with Crippen molar-refractivity contribution in [3.8, 4) is 5.75 Å². The minimum atomic E-state index is -4.74. The van der Waals surface area contributed by atoms with Crippen LogP contribution in [-0.2, 0) is 11.2 Å². The first kappa shape index (κ1) is 18.5. The lowest BCUT2D eigenvalue weighted by Crippen LogP contribution is -2.17. The molecule has 0 amide bonds. The summed E-state index contributed by atoms with van der Waals surface area (Å²) >= 11 is 0. The summed E-state index contributed by atoms with van der Waals surface area (Å²) in [5, 5.41) is 0. The minimum Gasteiger partial charge on any atom is -0.406 e. The van der Waals surface area contributed by atoms with Crippen LogP contribution in [0.5, 0.6) is 5.75 Å². The van der Waals surface area contributed by atoms with E-state index >= 15 is 0 Å². The van der Waals surface area contributed by atoms with Crippen LogP contribution in [-0.4, -0.2) is 12.1 Å². The highest BCUT2D eigenvalue weighted by Crippen LogP contribution is 2.23. The topological polar surface area (TPSA) is 26.3 Å². The maximum atomic E-state index is 12.2. The molecule has 0 aliphatic rings. The zero-order chi connectivity index (χ0) is 18.3. The van der Waals surface area contributed by atoms with E-state index in [4.69, 9.17) is 0 Å². The van der Waals surface area contributed by atoms with Gasteiger partial charge < -0.3 is 4.74 Å². The highest BCUT2D eigenvalue weighted by atomic mass is 19.4. The van der Waals surface area contributed by atoms with Crippen molar-refractivity contribution in [1.82, 2.24) is 0 Å². The first-order chi connectivity index (χ1) is 11.9. The van der Waals surface area contributed by atoms with E-state index in [1.807, 2.05) is 31.2 Å². The Hall–Kier alpha value is -2.82.